The molecular weight excluding hydrogens is 236 g/mol. The van der Waals surface area contributed by atoms with Crippen LogP contribution in [0.5, 0.6) is 0 Å². The number of aliphatic hydroxyl groups is 1. The molecule has 5 nitrogen and oxygen atoms in total. The first-order chi connectivity index (χ1) is 8.27. The first-order valence-corrected chi connectivity index (χ1v) is 6.63. The van der Waals surface area contributed by atoms with Crippen LogP contribution in [0.25, 0.3) is 0 Å². The summed E-state index contributed by atoms with van der Waals surface area (Å²) >= 11 is 0. The highest BCUT2D eigenvalue weighted by Crippen LogP contribution is 2.44. The van der Waals surface area contributed by atoms with E-state index in [9.17, 15) is 5.11 Å². The molecule has 2 aliphatic heterocycles. The normalized spacial score (nSPS) is 49.5. The van der Waals surface area contributed by atoms with Crippen LogP contribution < -0.4 is 0 Å². The Morgan fingerprint density at radius 1 is 0.944 bits per heavy atom. The van der Waals surface area contributed by atoms with Crippen molar-refractivity contribution in [3.05, 3.63) is 0 Å². The maximum absolute atomic E-state index is 10.2. The van der Waals surface area contributed by atoms with Gasteiger partial charge in [-0.15, -0.1) is 0 Å². The van der Waals surface area contributed by atoms with Crippen LogP contribution in [0.4, 0.5) is 0 Å². The number of hydrogen-bond donors (Lipinski definition) is 1. The van der Waals surface area contributed by atoms with Gasteiger partial charge in [-0.25, -0.2) is 0 Å². The van der Waals surface area contributed by atoms with Gasteiger partial charge in [0, 0.05) is 12.3 Å². The van der Waals surface area contributed by atoms with E-state index in [-0.39, 0.29) is 24.2 Å². The summed E-state index contributed by atoms with van der Waals surface area (Å²) in [5.74, 6) is -1.09. The lowest BCUT2D eigenvalue weighted by atomic mass is 9.80. The molecule has 0 aromatic rings. The summed E-state index contributed by atoms with van der Waals surface area (Å²) in [7, 11) is 0. The largest absolute Gasteiger partial charge is 0.390 e. The first-order valence-electron chi connectivity index (χ1n) is 6.63. The molecule has 0 bridgehead atoms. The van der Waals surface area contributed by atoms with E-state index in [0.717, 1.165) is 0 Å². The molecule has 0 spiro atoms. The van der Waals surface area contributed by atoms with Crippen molar-refractivity contribution in [2.45, 2.75) is 70.1 Å². The zero-order valence-electron chi connectivity index (χ0n) is 11.4. The summed E-state index contributed by atoms with van der Waals surface area (Å²) in [6.45, 7) is 8.14. The van der Waals surface area contributed by atoms with Gasteiger partial charge in [0.1, 0.15) is 6.10 Å². The summed E-state index contributed by atoms with van der Waals surface area (Å²) in [6, 6.07) is 0. The summed E-state index contributed by atoms with van der Waals surface area (Å²) in [5.41, 5.74) is 0. The molecule has 0 unspecified atom stereocenters. The number of ether oxygens (including phenoxy) is 4. The average Bonchev–Trinajstić information content (AvgIpc) is 2.53. The van der Waals surface area contributed by atoms with Crippen molar-refractivity contribution in [2.75, 3.05) is 6.61 Å². The minimum Gasteiger partial charge on any atom is -0.390 e. The van der Waals surface area contributed by atoms with E-state index < -0.39 is 17.7 Å². The van der Waals surface area contributed by atoms with Crippen molar-refractivity contribution in [1.82, 2.24) is 0 Å². The Hall–Kier alpha value is -0.200. The maximum atomic E-state index is 10.2. The highest BCUT2D eigenvalue weighted by atomic mass is 16.8. The molecule has 3 rings (SSSR count). The summed E-state index contributed by atoms with van der Waals surface area (Å²) in [4.78, 5) is 0. The minimum atomic E-state index is -0.641. The molecule has 18 heavy (non-hydrogen) atoms. The molecule has 5 atom stereocenters. The average molecular weight is 258 g/mol. The Labute approximate surface area is 107 Å². The van der Waals surface area contributed by atoms with Gasteiger partial charge >= 0.3 is 0 Å². The highest BCUT2D eigenvalue weighted by molar-refractivity contribution is 5.00. The van der Waals surface area contributed by atoms with Gasteiger partial charge in [-0.1, -0.05) is 0 Å². The molecule has 2 saturated heterocycles. The van der Waals surface area contributed by atoms with E-state index in [4.69, 9.17) is 18.9 Å². The van der Waals surface area contributed by atoms with E-state index in [0.29, 0.717) is 13.0 Å². The van der Waals surface area contributed by atoms with Crippen LogP contribution in [0.15, 0.2) is 0 Å². The summed E-state index contributed by atoms with van der Waals surface area (Å²) in [6.07, 6.45) is -0.396. The zero-order chi connectivity index (χ0) is 13.1. The Balaban J connectivity index is 1.81. The molecule has 2 heterocycles. The Kier molecular flexibility index (Phi) is 2.78. The van der Waals surface area contributed by atoms with E-state index in [2.05, 4.69) is 0 Å². The summed E-state index contributed by atoms with van der Waals surface area (Å²) in [5, 5.41) is 10.2. The van der Waals surface area contributed by atoms with Crippen molar-refractivity contribution >= 4 is 0 Å². The smallest absolute Gasteiger partial charge is 0.163 e. The molecule has 0 aromatic heterocycles. The lowest BCUT2D eigenvalue weighted by molar-refractivity contribution is -0.317. The third-order valence-electron chi connectivity index (χ3n) is 3.97. The van der Waals surface area contributed by atoms with Crippen LogP contribution >= 0.6 is 0 Å². The Morgan fingerprint density at radius 2 is 1.61 bits per heavy atom. The van der Waals surface area contributed by atoms with Gasteiger partial charge in [-0.05, 0) is 27.7 Å². The monoisotopic (exact) mass is 258 g/mol. The molecule has 104 valence electrons. The predicted octanol–water partition coefficient (Wildman–Crippen LogP) is 1.04. The fraction of sp³-hybridized carbons (Fsp3) is 1.00. The quantitative estimate of drug-likeness (QED) is 0.703. The molecule has 1 saturated carbocycles. The lowest BCUT2D eigenvalue weighted by Crippen LogP contribution is -2.58. The van der Waals surface area contributed by atoms with E-state index in [1.165, 1.54) is 0 Å². The number of hydrogen-bond acceptors (Lipinski definition) is 5. The topological polar surface area (TPSA) is 57.2 Å². The number of fused-ring (bicyclic) bond motifs is 3. The van der Waals surface area contributed by atoms with Crippen LogP contribution in [-0.4, -0.2) is 47.7 Å². The minimum absolute atomic E-state index is 0.0255. The predicted molar refractivity (Wildman–Crippen MR) is 62.8 cm³/mol. The standard InChI is InChI=1S/C13H22O5/c1-12(2)15-6-7-9(16-12)5-8(14)11-10(7)17-13(3,4)18-11/h7-11,14H,5-6H2,1-4H3/t7-,8+,9+,10-,11+/m1/s1. The molecule has 3 fully saturated rings. The Bertz CT molecular complexity index is 340. The van der Waals surface area contributed by atoms with Crippen LogP contribution in [0, 0.1) is 5.92 Å². The van der Waals surface area contributed by atoms with Gasteiger partial charge in [-0.2, -0.15) is 0 Å². The van der Waals surface area contributed by atoms with Gasteiger partial charge in [0.15, 0.2) is 11.6 Å². The number of aliphatic hydroxyl groups excluding tert-OH is 1. The third kappa shape index (κ3) is 2.08. The van der Waals surface area contributed by atoms with Crippen LogP contribution in [0.3, 0.4) is 0 Å². The third-order valence-corrected chi connectivity index (χ3v) is 3.97. The molecule has 1 aliphatic carbocycles. The molecule has 3 aliphatic rings. The van der Waals surface area contributed by atoms with Gasteiger partial charge < -0.3 is 24.1 Å². The second-order valence-electron chi connectivity index (χ2n) is 6.40. The second-order valence-corrected chi connectivity index (χ2v) is 6.40. The highest BCUT2D eigenvalue weighted by Gasteiger charge is 2.56. The molecule has 0 amide bonds. The van der Waals surface area contributed by atoms with Crippen LogP contribution in [0.2, 0.25) is 0 Å². The van der Waals surface area contributed by atoms with Crippen LogP contribution in [0.1, 0.15) is 34.1 Å². The van der Waals surface area contributed by atoms with Crippen molar-refractivity contribution in [1.29, 1.82) is 0 Å². The van der Waals surface area contributed by atoms with Gasteiger partial charge in [0.25, 0.3) is 0 Å². The van der Waals surface area contributed by atoms with E-state index in [1.807, 2.05) is 27.7 Å². The maximum Gasteiger partial charge on any atom is 0.163 e. The second kappa shape index (κ2) is 3.90. The fourth-order valence-corrected chi connectivity index (χ4v) is 3.24. The Morgan fingerprint density at radius 3 is 2.33 bits per heavy atom. The summed E-state index contributed by atoms with van der Waals surface area (Å²) < 4.78 is 23.3. The van der Waals surface area contributed by atoms with Crippen molar-refractivity contribution in [2.24, 2.45) is 5.92 Å². The first kappa shape index (κ1) is 12.8. The lowest BCUT2D eigenvalue weighted by Gasteiger charge is -2.47. The van der Waals surface area contributed by atoms with Crippen LogP contribution in [-0.2, 0) is 18.9 Å². The molecular formula is C13H22O5. The van der Waals surface area contributed by atoms with E-state index in [1.54, 1.807) is 0 Å². The van der Waals surface area contributed by atoms with E-state index >= 15 is 0 Å². The molecule has 0 radical (unpaired) electrons. The molecule has 1 N–H and O–H groups in total. The molecule has 0 aromatic carbocycles. The SMILES string of the molecule is CC1(C)O[C@@H]2[C@@H]3COC(C)(C)O[C@H]3C[C@H](O)[C@@H]2O1. The van der Waals surface area contributed by atoms with Gasteiger partial charge in [0.05, 0.1) is 24.9 Å². The molecule has 5 heteroatoms. The van der Waals surface area contributed by atoms with Crippen molar-refractivity contribution < 1.29 is 24.1 Å². The van der Waals surface area contributed by atoms with Crippen molar-refractivity contribution in [3.63, 3.8) is 0 Å². The fourth-order valence-electron chi connectivity index (χ4n) is 3.24. The van der Waals surface area contributed by atoms with Gasteiger partial charge in [-0.3, -0.25) is 0 Å². The number of rotatable bonds is 0. The van der Waals surface area contributed by atoms with Gasteiger partial charge in [0.2, 0.25) is 0 Å². The zero-order valence-corrected chi connectivity index (χ0v) is 11.4. The van der Waals surface area contributed by atoms with Crippen molar-refractivity contribution in [3.8, 4) is 0 Å².